The molecular weight excluding hydrogens is 268 g/mol. The highest BCUT2D eigenvalue weighted by molar-refractivity contribution is 6.30. The van der Waals surface area contributed by atoms with Gasteiger partial charge < -0.3 is 10.4 Å². The van der Waals surface area contributed by atoms with E-state index in [0.29, 0.717) is 23.0 Å². The van der Waals surface area contributed by atoms with Crippen molar-refractivity contribution in [2.24, 2.45) is 5.92 Å². The highest BCUT2D eigenvalue weighted by Gasteiger charge is 2.13. The standard InChI is InChI=1S/C13H19ClN2O3/c1-10(9-17)3-2-6-15-8-11-4-5-12(14)7-13(11)16(18)19/h4-5,7,10,15,17H,2-3,6,8-9H2,1H3. The monoisotopic (exact) mass is 286 g/mol. The molecule has 0 amide bonds. The zero-order valence-electron chi connectivity index (χ0n) is 10.9. The van der Waals surface area contributed by atoms with E-state index in [1.54, 1.807) is 12.1 Å². The summed E-state index contributed by atoms with van der Waals surface area (Å²) in [6, 6.07) is 4.69. The topological polar surface area (TPSA) is 75.4 Å². The van der Waals surface area contributed by atoms with Gasteiger partial charge in [0.15, 0.2) is 0 Å². The fraction of sp³-hybridized carbons (Fsp3) is 0.538. The first-order chi connectivity index (χ1) is 9.04. The van der Waals surface area contributed by atoms with Crippen LogP contribution in [0.1, 0.15) is 25.3 Å². The van der Waals surface area contributed by atoms with Crippen molar-refractivity contribution in [3.63, 3.8) is 0 Å². The van der Waals surface area contributed by atoms with E-state index < -0.39 is 4.92 Å². The maximum atomic E-state index is 10.9. The molecule has 1 aromatic rings. The summed E-state index contributed by atoms with van der Waals surface area (Å²) in [5, 5.41) is 23.3. The van der Waals surface area contributed by atoms with Gasteiger partial charge in [0.05, 0.1) is 4.92 Å². The third-order valence-corrected chi connectivity index (χ3v) is 3.16. The van der Waals surface area contributed by atoms with Crippen molar-refractivity contribution in [1.29, 1.82) is 0 Å². The molecule has 2 N–H and O–H groups in total. The number of nitrogens with one attached hydrogen (secondary N) is 1. The maximum Gasteiger partial charge on any atom is 0.275 e. The molecule has 1 atom stereocenters. The van der Waals surface area contributed by atoms with E-state index >= 15 is 0 Å². The summed E-state index contributed by atoms with van der Waals surface area (Å²) in [6.07, 6.45) is 1.87. The summed E-state index contributed by atoms with van der Waals surface area (Å²) in [4.78, 5) is 10.5. The van der Waals surface area contributed by atoms with Gasteiger partial charge in [0.2, 0.25) is 0 Å². The van der Waals surface area contributed by atoms with E-state index in [4.69, 9.17) is 16.7 Å². The molecular formula is C13H19ClN2O3. The Morgan fingerprint density at radius 1 is 1.53 bits per heavy atom. The van der Waals surface area contributed by atoms with Crippen LogP contribution in [0.2, 0.25) is 5.02 Å². The second kappa shape index (κ2) is 8.09. The molecule has 0 spiro atoms. The SMILES string of the molecule is CC(CO)CCCNCc1ccc(Cl)cc1[N+](=O)[O-]. The lowest BCUT2D eigenvalue weighted by Crippen LogP contribution is -2.16. The van der Waals surface area contributed by atoms with Crippen LogP contribution in [-0.2, 0) is 6.54 Å². The van der Waals surface area contributed by atoms with Gasteiger partial charge in [-0.2, -0.15) is 0 Å². The van der Waals surface area contributed by atoms with Crippen molar-refractivity contribution in [2.45, 2.75) is 26.3 Å². The van der Waals surface area contributed by atoms with Crippen LogP contribution >= 0.6 is 11.6 Å². The lowest BCUT2D eigenvalue weighted by molar-refractivity contribution is -0.385. The minimum absolute atomic E-state index is 0.0451. The average Bonchev–Trinajstić information content (AvgIpc) is 2.39. The van der Waals surface area contributed by atoms with Crippen molar-refractivity contribution in [3.05, 3.63) is 38.9 Å². The summed E-state index contributed by atoms with van der Waals surface area (Å²) in [6.45, 7) is 3.40. The van der Waals surface area contributed by atoms with Crippen molar-refractivity contribution >= 4 is 17.3 Å². The van der Waals surface area contributed by atoms with Crippen LogP contribution in [0, 0.1) is 16.0 Å². The van der Waals surface area contributed by atoms with Crippen LogP contribution in [0.25, 0.3) is 0 Å². The molecule has 0 saturated carbocycles. The number of rotatable bonds is 8. The summed E-state index contributed by atoms with van der Waals surface area (Å²) in [5.41, 5.74) is 0.674. The van der Waals surface area contributed by atoms with E-state index in [1.807, 2.05) is 6.92 Å². The molecule has 19 heavy (non-hydrogen) atoms. The van der Waals surface area contributed by atoms with Gasteiger partial charge in [-0.05, 0) is 37.4 Å². The van der Waals surface area contributed by atoms with Crippen LogP contribution in [-0.4, -0.2) is 23.2 Å². The summed E-state index contributed by atoms with van der Waals surface area (Å²) >= 11 is 5.75. The Kier molecular flexibility index (Phi) is 6.77. The number of aliphatic hydroxyl groups is 1. The summed E-state index contributed by atoms with van der Waals surface area (Å²) < 4.78 is 0. The molecule has 0 fully saturated rings. The van der Waals surface area contributed by atoms with Gasteiger partial charge in [0.25, 0.3) is 5.69 Å². The number of nitrogens with zero attached hydrogens (tertiary/aromatic N) is 1. The predicted octanol–water partition coefficient (Wildman–Crippen LogP) is 2.75. The van der Waals surface area contributed by atoms with Gasteiger partial charge in [0.1, 0.15) is 0 Å². The average molecular weight is 287 g/mol. The molecule has 0 saturated heterocycles. The van der Waals surface area contributed by atoms with Crippen LogP contribution in [0.4, 0.5) is 5.69 Å². The Labute approximate surface area is 117 Å². The fourth-order valence-electron chi connectivity index (χ4n) is 1.75. The Morgan fingerprint density at radius 2 is 2.26 bits per heavy atom. The van der Waals surface area contributed by atoms with Crippen LogP contribution in [0.3, 0.4) is 0 Å². The van der Waals surface area contributed by atoms with Gasteiger partial charge in [0, 0.05) is 29.8 Å². The van der Waals surface area contributed by atoms with E-state index in [2.05, 4.69) is 5.32 Å². The van der Waals surface area contributed by atoms with Gasteiger partial charge in [-0.1, -0.05) is 18.5 Å². The quantitative estimate of drug-likeness (QED) is 0.438. The summed E-state index contributed by atoms with van der Waals surface area (Å²) in [7, 11) is 0. The number of halogens is 1. The second-order valence-corrected chi connectivity index (χ2v) is 5.07. The third-order valence-electron chi connectivity index (χ3n) is 2.92. The largest absolute Gasteiger partial charge is 0.396 e. The minimum atomic E-state index is -0.420. The molecule has 0 aliphatic rings. The van der Waals surface area contributed by atoms with E-state index in [-0.39, 0.29) is 12.3 Å². The van der Waals surface area contributed by atoms with Crippen molar-refractivity contribution in [1.82, 2.24) is 5.32 Å². The number of hydrogen-bond acceptors (Lipinski definition) is 4. The van der Waals surface area contributed by atoms with Crippen LogP contribution in [0.5, 0.6) is 0 Å². The van der Waals surface area contributed by atoms with E-state index in [9.17, 15) is 10.1 Å². The first kappa shape index (κ1) is 15.9. The smallest absolute Gasteiger partial charge is 0.275 e. The Bertz CT molecular complexity index is 426. The number of nitro groups is 1. The number of nitro benzene ring substituents is 1. The molecule has 5 nitrogen and oxygen atoms in total. The third kappa shape index (κ3) is 5.55. The fourth-order valence-corrected chi connectivity index (χ4v) is 1.91. The van der Waals surface area contributed by atoms with Gasteiger partial charge in [-0.3, -0.25) is 10.1 Å². The van der Waals surface area contributed by atoms with Gasteiger partial charge in [-0.15, -0.1) is 0 Å². The van der Waals surface area contributed by atoms with Crippen molar-refractivity contribution in [3.8, 4) is 0 Å². The molecule has 1 unspecified atom stereocenters. The Balaban J connectivity index is 2.43. The first-order valence-corrected chi connectivity index (χ1v) is 6.66. The lowest BCUT2D eigenvalue weighted by atomic mass is 10.1. The maximum absolute atomic E-state index is 10.9. The second-order valence-electron chi connectivity index (χ2n) is 4.64. The van der Waals surface area contributed by atoms with Crippen molar-refractivity contribution < 1.29 is 10.0 Å². The highest BCUT2D eigenvalue weighted by atomic mass is 35.5. The minimum Gasteiger partial charge on any atom is -0.396 e. The Morgan fingerprint density at radius 3 is 2.89 bits per heavy atom. The van der Waals surface area contributed by atoms with E-state index in [1.165, 1.54) is 6.07 Å². The van der Waals surface area contributed by atoms with Crippen molar-refractivity contribution in [2.75, 3.05) is 13.2 Å². The molecule has 0 radical (unpaired) electrons. The molecule has 0 aromatic heterocycles. The predicted molar refractivity (Wildman–Crippen MR) is 75.3 cm³/mol. The molecule has 0 heterocycles. The molecule has 106 valence electrons. The number of benzene rings is 1. The zero-order valence-corrected chi connectivity index (χ0v) is 11.7. The number of hydrogen-bond donors (Lipinski definition) is 2. The molecule has 1 aromatic carbocycles. The van der Waals surface area contributed by atoms with Gasteiger partial charge in [-0.25, -0.2) is 0 Å². The van der Waals surface area contributed by atoms with E-state index in [0.717, 1.165) is 19.4 Å². The molecule has 0 bridgehead atoms. The summed E-state index contributed by atoms with van der Waals surface area (Å²) in [5.74, 6) is 0.298. The molecule has 6 heteroatoms. The van der Waals surface area contributed by atoms with Crippen LogP contribution in [0.15, 0.2) is 18.2 Å². The molecule has 1 rings (SSSR count). The molecule has 0 aliphatic heterocycles. The van der Waals surface area contributed by atoms with Gasteiger partial charge >= 0.3 is 0 Å². The Hall–Kier alpha value is -1.17. The molecule has 0 aliphatic carbocycles. The number of aliphatic hydroxyl groups excluding tert-OH is 1. The lowest BCUT2D eigenvalue weighted by Gasteiger charge is -2.08. The first-order valence-electron chi connectivity index (χ1n) is 6.29. The van der Waals surface area contributed by atoms with Crippen LogP contribution < -0.4 is 5.32 Å². The normalized spacial score (nSPS) is 12.4. The highest BCUT2D eigenvalue weighted by Crippen LogP contribution is 2.22. The zero-order chi connectivity index (χ0) is 14.3.